The van der Waals surface area contributed by atoms with E-state index in [0.29, 0.717) is 6.61 Å². The first kappa shape index (κ1) is 10.7. The number of benzene rings is 1. The molecule has 1 aromatic carbocycles. The lowest BCUT2D eigenvalue weighted by molar-refractivity contribution is -0.255. The molecule has 0 bridgehead atoms. The second-order valence-corrected chi connectivity index (χ2v) is 3.34. The summed E-state index contributed by atoms with van der Waals surface area (Å²) in [6.07, 6.45) is 0.177. The normalized spacial score (nSPS) is 10.5. The Kier molecular flexibility index (Phi) is 3.65. The van der Waals surface area contributed by atoms with Crippen LogP contribution in [-0.2, 0) is 11.3 Å². The van der Waals surface area contributed by atoms with Crippen LogP contribution in [0.1, 0.15) is 29.8 Å². The molecule has 0 saturated carbocycles. The van der Waals surface area contributed by atoms with Crippen LogP contribution in [0.5, 0.6) is 0 Å². The second-order valence-electron chi connectivity index (χ2n) is 3.34. The number of aromatic carboxylic acids is 1. The largest absolute Gasteiger partial charge is 0.545 e. The standard InChI is InChI=1S/C11H14O3/c1-8(2)14-7-9-3-5-10(6-4-9)11(12)13/h3-6,8H,7H2,1-2H3,(H,12,13)/p-1. The molecular weight excluding hydrogens is 180 g/mol. The van der Waals surface area contributed by atoms with E-state index in [1.54, 1.807) is 12.1 Å². The van der Waals surface area contributed by atoms with Gasteiger partial charge in [-0.15, -0.1) is 0 Å². The highest BCUT2D eigenvalue weighted by molar-refractivity contribution is 5.85. The molecule has 0 saturated heterocycles. The van der Waals surface area contributed by atoms with Crippen molar-refractivity contribution in [1.82, 2.24) is 0 Å². The maximum Gasteiger partial charge on any atom is 0.0720 e. The van der Waals surface area contributed by atoms with Crippen molar-refractivity contribution in [3.8, 4) is 0 Å². The molecule has 0 aliphatic rings. The molecule has 0 fully saturated rings. The zero-order valence-corrected chi connectivity index (χ0v) is 8.32. The number of carboxylic acid groups (broad SMARTS) is 1. The van der Waals surface area contributed by atoms with E-state index in [4.69, 9.17) is 4.74 Å². The Balaban J connectivity index is 2.60. The van der Waals surface area contributed by atoms with Crippen molar-refractivity contribution >= 4 is 5.97 Å². The van der Waals surface area contributed by atoms with Crippen molar-refractivity contribution in [3.63, 3.8) is 0 Å². The number of carbonyl (C=O) groups is 1. The van der Waals surface area contributed by atoms with E-state index in [1.165, 1.54) is 12.1 Å². The van der Waals surface area contributed by atoms with Crippen LogP contribution in [0.4, 0.5) is 0 Å². The molecule has 0 heterocycles. The average molecular weight is 193 g/mol. The summed E-state index contributed by atoms with van der Waals surface area (Å²) in [4.78, 5) is 10.4. The molecule has 0 amide bonds. The van der Waals surface area contributed by atoms with Crippen molar-refractivity contribution < 1.29 is 14.6 Å². The molecule has 1 rings (SSSR count). The molecule has 0 aliphatic carbocycles. The van der Waals surface area contributed by atoms with Gasteiger partial charge in [-0.3, -0.25) is 0 Å². The smallest absolute Gasteiger partial charge is 0.0720 e. The molecule has 3 nitrogen and oxygen atoms in total. The Bertz CT molecular complexity index is 301. The Labute approximate surface area is 83.3 Å². The topological polar surface area (TPSA) is 49.4 Å². The molecule has 1 aromatic rings. The number of hydrogen-bond donors (Lipinski definition) is 0. The van der Waals surface area contributed by atoms with E-state index in [1.807, 2.05) is 13.8 Å². The van der Waals surface area contributed by atoms with Crippen molar-refractivity contribution in [2.45, 2.75) is 26.6 Å². The van der Waals surface area contributed by atoms with E-state index in [9.17, 15) is 9.90 Å². The van der Waals surface area contributed by atoms with Gasteiger partial charge in [0.15, 0.2) is 0 Å². The predicted octanol–water partition coefficient (Wildman–Crippen LogP) is 0.975. The molecular formula is C11H13O3-. The zero-order chi connectivity index (χ0) is 10.6. The quantitative estimate of drug-likeness (QED) is 0.716. The van der Waals surface area contributed by atoms with Crippen LogP contribution in [-0.4, -0.2) is 12.1 Å². The van der Waals surface area contributed by atoms with Gasteiger partial charge in [0.05, 0.1) is 18.7 Å². The lowest BCUT2D eigenvalue weighted by Crippen LogP contribution is -2.22. The van der Waals surface area contributed by atoms with Gasteiger partial charge < -0.3 is 14.6 Å². The number of rotatable bonds is 4. The van der Waals surface area contributed by atoms with Gasteiger partial charge in [0.2, 0.25) is 0 Å². The van der Waals surface area contributed by atoms with E-state index in [-0.39, 0.29) is 11.7 Å². The van der Waals surface area contributed by atoms with Crippen LogP contribution in [0, 0.1) is 0 Å². The lowest BCUT2D eigenvalue weighted by Gasteiger charge is -2.08. The maximum absolute atomic E-state index is 10.4. The van der Waals surface area contributed by atoms with Crippen molar-refractivity contribution in [1.29, 1.82) is 0 Å². The zero-order valence-electron chi connectivity index (χ0n) is 8.32. The fraction of sp³-hybridized carbons (Fsp3) is 0.364. The van der Waals surface area contributed by atoms with Gasteiger partial charge in [0.1, 0.15) is 0 Å². The summed E-state index contributed by atoms with van der Waals surface area (Å²) in [5.41, 5.74) is 1.15. The summed E-state index contributed by atoms with van der Waals surface area (Å²) in [6, 6.07) is 6.50. The Hall–Kier alpha value is -1.35. The van der Waals surface area contributed by atoms with Gasteiger partial charge in [-0.25, -0.2) is 0 Å². The van der Waals surface area contributed by atoms with E-state index in [0.717, 1.165) is 5.56 Å². The summed E-state index contributed by atoms with van der Waals surface area (Å²) in [5, 5.41) is 10.4. The Morgan fingerprint density at radius 2 is 1.93 bits per heavy atom. The van der Waals surface area contributed by atoms with Gasteiger partial charge in [-0.2, -0.15) is 0 Å². The number of ether oxygens (including phenoxy) is 1. The molecule has 0 aliphatic heterocycles. The summed E-state index contributed by atoms with van der Waals surface area (Å²) >= 11 is 0. The SMILES string of the molecule is CC(C)OCc1ccc(C(=O)[O-])cc1. The third-order valence-electron chi connectivity index (χ3n) is 1.77. The third kappa shape index (κ3) is 3.18. The second kappa shape index (κ2) is 4.77. The molecule has 14 heavy (non-hydrogen) atoms. The van der Waals surface area contributed by atoms with Crippen molar-refractivity contribution in [2.24, 2.45) is 0 Å². The van der Waals surface area contributed by atoms with Gasteiger partial charge in [0.25, 0.3) is 0 Å². The Morgan fingerprint density at radius 1 is 1.36 bits per heavy atom. The van der Waals surface area contributed by atoms with Crippen LogP contribution in [0.2, 0.25) is 0 Å². The van der Waals surface area contributed by atoms with Crippen LogP contribution in [0.3, 0.4) is 0 Å². The van der Waals surface area contributed by atoms with E-state index < -0.39 is 5.97 Å². The first-order chi connectivity index (χ1) is 6.59. The average Bonchev–Trinajstić information content (AvgIpc) is 2.15. The first-order valence-electron chi connectivity index (χ1n) is 4.51. The molecule has 0 radical (unpaired) electrons. The van der Waals surface area contributed by atoms with Crippen LogP contribution in [0.25, 0.3) is 0 Å². The number of carboxylic acids is 1. The fourth-order valence-corrected chi connectivity index (χ4v) is 1.000. The van der Waals surface area contributed by atoms with E-state index >= 15 is 0 Å². The molecule has 0 atom stereocenters. The highest BCUT2D eigenvalue weighted by Crippen LogP contribution is 2.06. The number of carbonyl (C=O) groups excluding carboxylic acids is 1. The van der Waals surface area contributed by atoms with Crippen LogP contribution in [0.15, 0.2) is 24.3 Å². The Morgan fingerprint density at radius 3 is 2.36 bits per heavy atom. The fourth-order valence-electron chi connectivity index (χ4n) is 1.000. The molecule has 0 unspecified atom stereocenters. The van der Waals surface area contributed by atoms with Crippen LogP contribution >= 0.6 is 0 Å². The van der Waals surface area contributed by atoms with Gasteiger partial charge in [-0.1, -0.05) is 24.3 Å². The summed E-state index contributed by atoms with van der Waals surface area (Å²) < 4.78 is 5.37. The van der Waals surface area contributed by atoms with Crippen LogP contribution < -0.4 is 5.11 Å². The highest BCUT2D eigenvalue weighted by atomic mass is 16.5. The molecule has 0 N–H and O–H groups in total. The predicted molar refractivity (Wildman–Crippen MR) is 50.7 cm³/mol. The minimum Gasteiger partial charge on any atom is -0.545 e. The first-order valence-corrected chi connectivity index (χ1v) is 4.51. The summed E-state index contributed by atoms with van der Waals surface area (Å²) in [5.74, 6) is -1.15. The van der Waals surface area contributed by atoms with Gasteiger partial charge in [0, 0.05) is 0 Å². The van der Waals surface area contributed by atoms with Crippen molar-refractivity contribution in [2.75, 3.05) is 0 Å². The molecule has 0 spiro atoms. The molecule has 0 aromatic heterocycles. The lowest BCUT2D eigenvalue weighted by atomic mass is 10.1. The maximum atomic E-state index is 10.4. The number of hydrogen-bond acceptors (Lipinski definition) is 3. The highest BCUT2D eigenvalue weighted by Gasteiger charge is 1.97. The van der Waals surface area contributed by atoms with Crippen molar-refractivity contribution in [3.05, 3.63) is 35.4 Å². The monoisotopic (exact) mass is 193 g/mol. The molecule has 3 heteroatoms. The molecule has 76 valence electrons. The van der Waals surface area contributed by atoms with Gasteiger partial charge in [-0.05, 0) is 25.0 Å². The minimum atomic E-state index is -1.15. The van der Waals surface area contributed by atoms with Gasteiger partial charge >= 0.3 is 0 Å². The minimum absolute atomic E-state index is 0.177. The summed E-state index contributed by atoms with van der Waals surface area (Å²) in [7, 11) is 0. The van der Waals surface area contributed by atoms with E-state index in [2.05, 4.69) is 0 Å². The third-order valence-corrected chi connectivity index (χ3v) is 1.77. The summed E-state index contributed by atoms with van der Waals surface area (Å²) in [6.45, 7) is 4.41.